The molecule has 1 aromatic rings. The van der Waals surface area contributed by atoms with Gasteiger partial charge in [0, 0.05) is 38.0 Å². The molecule has 100 valence electrons. The minimum Gasteiger partial charge on any atom is -0.493 e. The lowest BCUT2D eigenvalue weighted by atomic mass is 9.62. The summed E-state index contributed by atoms with van der Waals surface area (Å²) in [4.78, 5) is 0. The standard InChI is InChI=1S/C15H17NO3/c16-11-14(15(17)6-8-18-9-7-15)5-10-19-13-4-2-1-3-12(13)14/h1-4,17H,5-10H2. The second-order valence-corrected chi connectivity index (χ2v) is 5.26. The van der Waals surface area contributed by atoms with Crippen LogP contribution in [-0.2, 0) is 10.2 Å². The van der Waals surface area contributed by atoms with Crippen LogP contribution >= 0.6 is 0 Å². The number of fused-ring (bicyclic) bond motifs is 1. The van der Waals surface area contributed by atoms with Crippen LogP contribution in [0.4, 0.5) is 0 Å². The van der Waals surface area contributed by atoms with Crippen LogP contribution in [0.5, 0.6) is 5.75 Å². The van der Waals surface area contributed by atoms with Gasteiger partial charge in [0.15, 0.2) is 0 Å². The Kier molecular flexibility index (Phi) is 2.96. The molecule has 0 saturated carbocycles. The van der Waals surface area contributed by atoms with Crippen molar-refractivity contribution in [2.24, 2.45) is 0 Å². The number of rotatable bonds is 1. The van der Waals surface area contributed by atoms with Crippen LogP contribution < -0.4 is 4.74 Å². The van der Waals surface area contributed by atoms with Crippen molar-refractivity contribution < 1.29 is 14.6 Å². The van der Waals surface area contributed by atoms with Crippen LogP contribution in [0, 0.1) is 11.3 Å². The van der Waals surface area contributed by atoms with Gasteiger partial charge >= 0.3 is 0 Å². The van der Waals surface area contributed by atoms with E-state index >= 15 is 0 Å². The van der Waals surface area contributed by atoms with Crippen LogP contribution in [0.25, 0.3) is 0 Å². The molecule has 4 heteroatoms. The summed E-state index contributed by atoms with van der Waals surface area (Å²) in [6, 6.07) is 9.94. The molecule has 3 rings (SSSR count). The second-order valence-electron chi connectivity index (χ2n) is 5.26. The predicted molar refractivity (Wildman–Crippen MR) is 68.8 cm³/mol. The molecular weight excluding hydrogens is 242 g/mol. The monoisotopic (exact) mass is 259 g/mol. The van der Waals surface area contributed by atoms with Gasteiger partial charge in [-0.2, -0.15) is 5.26 Å². The van der Waals surface area contributed by atoms with E-state index in [0.717, 1.165) is 11.3 Å². The highest BCUT2D eigenvalue weighted by molar-refractivity contribution is 5.48. The highest BCUT2D eigenvalue weighted by atomic mass is 16.5. The minimum absolute atomic E-state index is 0.466. The molecule has 2 aliphatic heterocycles. The third kappa shape index (κ3) is 1.73. The van der Waals surface area contributed by atoms with Crippen LogP contribution in [0.1, 0.15) is 24.8 Å². The number of hydrogen-bond acceptors (Lipinski definition) is 4. The lowest BCUT2D eigenvalue weighted by Crippen LogP contribution is -2.56. The van der Waals surface area contributed by atoms with Gasteiger partial charge in [0.05, 0.1) is 18.3 Å². The average Bonchev–Trinajstić information content (AvgIpc) is 2.47. The Hall–Kier alpha value is -1.57. The third-order valence-electron chi connectivity index (χ3n) is 4.39. The fourth-order valence-electron chi connectivity index (χ4n) is 3.23. The highest BCUT2D eigenvalue weighted by Gasteiger charge is 2.55. The SMILES string of the molecule is N#CC1(C2(O)CCOCC2)CCOc2ccccc21. The van der Waals surface area contributed by atoms with Crippen molar-refractivity contribution in [3.63, 3.8) is 0 Å². The molecule has 4 nitrogen and oxygen atoms in total. The van der Waals surface area contributed by atoms with Crippen LogP contribution in [0.15, 0.2) is 24.3 Å². The molecule has 1 atom stereocenters. The number of para-hydroxylation sites is 1. The van der Waals surface area contributed by atoms with Crippen molar-refractivity contribution >= 4 is 0 Å². The zero-order valence-corrected chi connectivity index (χ0v) is 10.8. The highest BCUT2D eigenvalue weighted by Crippen LogP contribution is 2.49. The summed E-state index contributed by atoms with van der Waals surface area (Å²) in [7, 11) is 0. The first-order valence-corrected chi connectivity index (χ1v) is 6.66. The number of ether oxygens (including phenoxy) is 2. The Labute approximate surface area is 112 Å². The molecule has 1 N–H and O–H groups in total. The Morgan fingerprint density at radius 1 is 1.11 bits per heavy atom. The van der Waals surface area contributed by atoms with Crippen molar-refractivity contribution in [1.29, 1.82) is 5.26 Å². The molecule has 0 aliphatic carbocycles. The summed E-state index contributed by atoms with van der Waals surface area (Å²) in [6.07, 6.45) is 1.51. The third-order valence-corrected chi connectivity index (χ3v) is 4.39. The van der Waals surface area contributed by atoms with Crippen molar-refractivity contribution in [3.05, 3.63) is 29.8 Å². The molecule has 0 aromatic heterocycles. The molecule has 0 bridgehead atoms. The molecule has 2 heterocycles. The van der Waals surface area contributed by atoms with Crippen LogP contribution in [0.3, 0.4) is 0 Å². The summed E-state index contributed by atoms with van der Waals surface area (Å²) in [5.41, 5.74) is -1.10. The molecule has 2 aliphatic rings. The lowest BCUT2D eigenvalue weighted by Gasteiger charge is -2.47. The van der Waals surface area contributed by atoms with Gasteiger partial charge in [0.2, 0.25) is 0 Å². The van der Waals surface area contributed by atoms with Gasteiger partial charge in [-0.1, -0.05) is 18.2 Å². The van der Waals surface area contributed by atoms with E-state index < -0.39 is 11.0 Å². The number of aliphatic hydroxyl groups is 1. The Balaban J connectivity index is 2.12. The zero-order chi connectivity index (χ0) is 13.3. The fourth-order valence-corrected chi connectivity index (χ4v) is 3.23. The van der Waals surface area contributed by atoms with Gasteiger partial charge in [-0.05, 0) is 6.07 Å². The minimum atomic E-state index is -1.03. The number of nitriles is 1. The Morgan fingerprint density at radius 2 is 1.84 bits per heavy atom. The molecular formula is C15H17NO3. The first kappa shape index (κ1) is 12.5. The smallest absolute Gasteiger partial charge is 0.124 e. The summed E-state index contributed by atoms with van der Waals surface area (Å²) in [5.74, 6) is 0.718. The van der Waals surface area contributed by atoms with Gasteiger partial charge in [0.1, 0.15) is 11.2 Å². The van der Waals surface area contributed by atoms with E-state index in [1.807, 2.05) is 24.3 Å². The first-order valence-electron chi connectivity index (χ1n) is 6.66. The summed E-state index contributed by atoms with van der Waals surface area (Å²) < 4.78 is 11.0. The second kappa shape index (κ2) is 4.52. The van der Waals surface area contributed by atoms with Crippen LogP contribution in [-0.4, -0.2) is 30.5 Å². The Bertz CT molecular complexity index is 516. The van der Waals surface area contributed by atoms with E-state index in [2.05, 4.69) is 6.07 Å². The summed E-state index contributed by atoms with van der Waals surface area (Å²) in [5, 5.41) is 20.8. The van der Waals surface area contributed by atoms with E-state index in [0.29, 0.717) is 39.1 Å². The molecule has 19 heavy (non-hydrogen) atoms. The lowest BCUT2D eigenvalue weighted by molar-refractivity contribution is -0.106. The maximum absolute atomic E-state index is 11.0. The molecule has 0 amide bonds. The number of nitrogens with zero attached hydrogens (tertiary/aromatic N) is 1. The van der Waals surface area contributed by atoms with Gasteiger partial charge < -0.3 is 14.6 Å². The van der Waals surface area contributed by atoms with Crippen molar-refractivity contribution in [2.45, 2.75) is 30.3 Å². The molecule has 1 unspecified atom stereocenters. The zero-order valence-electron chi connectivity index (χ0n) is 10.8. The van der Waals surface area contributed by atoms with E-state index in [4.69, 9.17) is 9.47 Å². The normalized spacial score (nSPS) is 28.8. The van der Waals surface area contributed by atoms with Gasteiger partial charge in [-0.3, -0.25) is 0 Å². The summed E-state index contributed by atoms with van der Waals surface area (Å²) in [6.45, 7) is 1.47. The topological polar surface area (TPSA) is 62.5 Å². The quantitative estimate of drug-likeness (QED) is 0.835. The van der Waals surface area contributed by atoms with E-state index in [-0.39, 0.29) is 0 Å². The molecule has 1 fully saturated rings. The average molecular weight is 259 g/mol. The maximum Gasteiger partial charge on any atom is 0.124 e. The number of hydrogen-bond donors (Lipinski definition) is 1. The molecule has 0 spiro atoms. The van der Waals surface area contributed by atoms with Gasteiger partial charge in [0.25, 0.3) is 0 Å². The van der Waals surface area contributed by atoms with Gasteiger partial charge in [-0.25, -0.2) is 0 Å². The van der Waals surface area contributed by atoms with E-state index in [1.54, 1.807) is 0 Å². The molecule has 0 radical (unpaired) electrons. The largest absolute Gasteiger partial charge is 0.493 e. The van der Waals surface area contributed by atoms with Crippen molar-refractivity contribution in [1.82, 2.24) is 0 Å². The maximum atomic E-state index is 11.0. The molecule has 1 aromatic carbocycles. The van der Waals surface area contributed by atoms with E-state index in [9.17, 15) is 10.4 Å². The first-order chi connectivity index (χ1) is 9.22. The summed E-state index contributed by atoms with van der Waals surface area (Å²) >= 11 is 0. The molecule has 1 saturated heterocycles. The van der Waals surface area contributed by atoms with Crippen LogP contribution in [0.2, 0.25) is 0 Å². The van der Waals surface area contributed by atoms with Crippen molar-refractivity contribution in [3.8, 4) is 11.8 Å². The predicted octanol–water partition coefficient (Wildman–Crippen LogP) is 1.77. The number of benzene rings is 1. The van der Waals surface area contributed by atoms with Gasteiger partial charge in [-0.15, -0.1) is 0 Å². The Morgan fingerprint density at radius 3 is 2.58 bits per heavy atom. The van der Waals surface area contributed by atoms with E-state index in [1.165, 1.54) is 0 Å². The fraction of sp³-hybridized carbons (Fsp3) is 0.533. The van der Waals surface area contributed by atoms with Crippen molar-refractivity contribution in [2.75, 3.05) is 19.8 Å².